The first kappa shape index (κ1) is 16.5. The van der Waals surface area contributed by atoms with Crippen molar-refractivity contribution >= 4 is 37.5 Å². The van der Waals surface area contributed by atoms with Crippen LogP contribution in [0, 0.1) is 5.92 Å². The van der Waals surface area contributed by atoms with E-state index in [9.17, 15) is 13.2 Å². The summed E-state index contributed by atoms with van der Waals surface area (Å²) in [5, 5.41) is 2.85. The zero-order valence-electron chi connectivity index (χ0n) is 11.9. The van der Waals surface area contributed by atoms with Gasteiger partial charge in [0.2, 0.25) is 15.9 Å². The summed E-state index contributed by atoms with van der Waals surface area (Å²) in [6.45, 7) is 2.41. The number of hydrogen-bond acceptors (Lipinski definition) is 3. The van der Waals surface area contributed by atoms with Crippen LogP contribution >= 0.6 is 15.9 Å². The minimum Gasteiger partial charge on any atom is -0.326 e. The van der Waals surface area contributed by atoms with Crippen molar-refractivity contribution in [3.8, 4) is 0 Å². The van der Waals surface area contributed by atoms with Crippen LogP contribution in [0.5, 0.6) is 0 Å². The van der Waals surface area contributed by atoms with E-state index in [1.54, 1.807) is 6.92 Å². The van der Waals surface area contributed by atoms with Gasteiger partial charge in [-0.2, -0.15) is 0 Å². The summed E-state index contributed by atoms with van der Waals surface area (Å²) in [5.41, 5.74) is 0.721. The fourth-order valence-corrected chi connectivity index (χ4v) is 3.81. The van der Waals surface area contributed by atoms with Crippen LogP contribution in [0.4, 0.5) is 5.69 Å². The van der Waals surface area contributed by atoms with Gasteiger partial charge in [0.1, 0.15) is 0 Å². The first-order valence-electron chi connectivity index (χ1n) is 6.96. The number of benzene rings is 1. The molecular weight excluding hydrogens is 356 g/mol. The zero-order chi connectivity index (χ0) is 15.5. The summed E-state index contributed by atoms with van der Waals surface area (Å²) >= 11 is 3.34. The molecule has 7 heteroatoms. The molecule has 1 aromatic rings. The third kappa shape index (κ3) is 4.28. The van der Waals surface area contributed by atoms with Crippen molar-refractivity contribution < 1.29 is 13.2 Å². The maximum atomic E-state index is 12.3. The molecule has 0 radical (unpaired) electrons. The van der Waals surface area contributed by atoms with E-state index in [-0.39, 0.29) is 24.1 Å². The quantitative estimate of drug-likeness (QED) is 0.879. The minimum absolute atomic E-state index is 0.0774. The van der Waals surface area contributed by atoms with Crippen LogP contribution in [0.25, 0.3) is 0 Å². The van der Waals surface area contributed by atoms with E-state index in [4.69, 9.17) is 0 Å². The molecule has 1 aliphatic rings. The maximum absolute atomic E-state index is 12.3. The lowest BCUT2D eigenvalue weighted by Crippen LogP contribution is -2.44. The van der Waals surface area contributed by atoms with Crippen molar-refractivity contribution in [1.29, 1.82) is 0 Å². The van der Waals surface area contributed by atoms with Crippen molar-refractivity contribution in [2.45, 2.75) is 19.8 Å². The smallest absolute Gasteiger partial charge is 0.228 e. The van der Waals surface area contributed by atoms with Gasteiger partial charge < -0.3 is 5.32 Å². The molecule has 0 bridgehead atoms. The lowest BCUT2D eigenvalue weighted by molar-refractivity contribution is -0.120. The SMILES string of the molecule is CCS(=O)(=O)N1CCCC(C(=O)Nc2ccc(Br)cc2)C1. The van der Waals surface area contributed by atoms with E-state index >= 15 is 0 Å². The van der Waals surface area contributed by atoms with E-state index in [1.807, 2.05) is 24.3 Å². The number of carbonyl (C=O) groups is 1. The lowest BCUT2D eigenvalue weighted by atomic mass is 9.99. The molecule has 1 atom stereocenters. The molecule has 1 N–H and O–H groups in total. The largest absolute Gasteiger partial charge is 0.326 e. The molecular formula is C14H19BrN2O3S. The highest BCUT2D eigenvalue weighted by atomic mass is 79.9. The standard InChI is InChI=1S/C14H19BrN2O3S/c1-2-21(19,20)17-9-3-4-11(10-17)14(18)16-13-7-5-12(15)6-8-13/h5-8,11H,2-4,9-10H2,1H3,(H,16,18). The molecule has 1 fully saturated rings. The Morgan fingerprint density at radius 3 is 2.67 bits per heavy atom. The highest BCUT2D eigenvalue weighted by Crippen LogP contribution is 2.22. The summed E-state index contributed by atoms with van der Waals surface area (Å²) in [7, 11) is -3.22. The van der Waals surface area contributed by atoms with Gasteiger partial charge >= 0.3 is 0 Å². The fourth-order valence-electron chi connectivity index (χ4n) is 2.37. The number of piperidine rings is 1. The zero-order valence-corrected chi connectivity index (χ0v) is 14.3. The van der Waals surface area contributed by atoms with E-state index in [1.165, 1.54) is 4.31 Å². The Bertz CT molecular complexity index is 601. The topological polar surface area (TPSA) is 66.5 Å². The Balaban J connectivity index is 2.01. The summed E-state index contributed by atoms with van der Waals surface area (Å²) in [5.74, 6) is -0.328. The Hall–Kier alpha value is -0.920. The first-order chi connectivity index (χ1) is 9.92. The molecule has 1 aromatic carbocycles. The summed E-state index contributed by atoms with van der Waals surface area (Å²) in [6.07, 6.45) is 1.44. The molecule has 21 heavy (non-hydrogen) atoms. The molecule has 1 unspecified atom stereocenters. The van der Waals surface area contributed by atoms with Gasteiger partial charge in [-0.1, -0.05) is 15.9 Å². The molecule has 116 valence electrons. The number of anilines is 1. The Morgan fingerprint density at radius 1 is 1.38 bits per heavy atom. The van der Waals surface area contributed by atoms with Crippen molar-refractivity contribution in [3.63, 3.8) is 0 Å². The number of nitrogens with zero attached hydrogens (tertiary/aromatic N) is 1. The van der Waals surface area contributed by atoms with Gasteiger partial charge in [0.25, 0.3) is 0 Å². The van der Waals surface area contributed by atoms with E-state index in [0.29, 0.717) is 6.54 Å². The molecule has 1 heterocycles. The van der Waals surface area contributed by atoms with Crippen molar-refractivity contribution in [2.75, 3.05) is 24.2 Å². The molecule has 5 nitrogen and oxygen atoms in total. The van der Waals surface area contributed by atoms with E-state index < -0.39 is 10.0 Å². The molecule has 1 aliphatic heterocycles. The third-order valence-corrected chi connectivity index (χ3v) is 6.00. The highest BCUT2D eigenvalue weighted by molar-refractivity contribution is 9.10. The van der Waals surface area contributed by atoms with Crippen molar-refractivity contribution in [3.05, 3.63) is 28.7 Å². The summed E-state index contributed by atoms with van der Waals surface area (Å²) < 4.78 is 26.2. The van der Waals surface area contributed by atoms with Crippen molar-refractivity contribution in [1.82, 2.24) is 4.31 Å². The molecule has 0 aromatic heterocycles. The molecule has 2 rings (SSSR count). The number of nitrogens with one attached hydrogen (secondary N) is 1. The number of carbonyl (C=O) groups excluding carboxylic acids is 1. The predicted octanol–water partition coefficient (Wildman–Crippen LogP) is 2.45. The van der Waals surface area contributed by atoms with Crippen LogP contribution in [-0.4, -0.2) is 37.5 Å². The molecule has 0 saturated carbocycles. The normalized spacial score (nSPS) is 20.2. The van der Waals surface area contributed by atoms with Gasteiger partial charge in [0.15, 0.2) is 0 Å². The summed E-state index contributed by atoms with van der Waals surface area (Å²) in [4.78, 5) is 12.3. The highest BCUT2D eigenvalue weighted by Gasteiger charge is 2.31. The number of sulfonamides is 1. The average Bonchev–Trinajstić information content (AvgIpc) is 2.49. The van der Waals surface area contributed by atoms with E-state index in [0.717, 1.165) is 23.0 Å². The molecule has 1 saturated heterocycles. The Kier molecular flexibility index (Phi) is 5.40. The molecule has 0 aliphatic carbocycles. The second kappa shape index (κ2) is 6.89. The fraction of sp³-hybridized carbons (Fsp3) is 0.500. The predicted molar refractivity (Wildman–Crippen MR) is 86.5 cm³/mol. The molecule has 0 spiro atoms. The number of rotatable bonds is 4. The second-order valence-corrected chi connectivity index (χ2v) is 8.27. The van der Waals surface area contributed by atoms with Crippen molar-refractivity contribution in [2.24, 2.45) is 5.92 Å². The van der Waals surface area contributed by atoms with Gasteiger partial charge in [-0.3, -0.25) is 4.79 Å². The second-order valence-electron chi connectivity index (χ2n) is 5.09. The third-order valence-electron chi connectivity index (χ3n) is 3.62. The van der Waals surface area contributed by atoms with E-state index in [2.05, 4.69) is 21.2 Å². The maximum Gasteiger partial charge on any atom is 0.228 e. The minimum atomic E-state index is -3.22. The van der Waals surface area contributed by atoms with Crippen LogP contribution in [0.3, 0.4) is 0 Å². The monoisotopic (exact) mass is 374 g/mol. The van der Waals surface area contributed by atoms with Gasteiger partial charge in [0, 0.05) is 23.2 Å². The van der Waals surface area contributed by atoms with Gasteiger partial charge in [-0.15, -0.1) is 0 Å². The van der Waals surface area contributed by atoms with Gasteiger partial charge in [-0.25, -0.2) is 12.7 Å². The van der Waals surface area contributed by atoms with Crippen LogP contribution in [0.15, 0.2) is 28.7 Å². The summed E-state index contributed by atoms with van der Waals surface area (Å²) in [6, 6.07) is 7.32. The number of hydrogen-bond donors (Lipinski definition) is 1. The van der Waals surface area contributed by atoms with Crippen LogP contribution in [0.2, 0.25) is 0 Å². The number of amides is 1. The molecule has 1 amide bonds. The number of halogens is 1. The Labute approximate surface area is 133 Å². The van der Waals surface area contributed by atoms with Crippen LogP contribution in [0.1, 0.15) is 19.8 Å². The first-order valence-corrected chi connectivity index (χ1v) is 9.37. The van der Waals surface area contributed by atoms with Crippen LogP contribution < -0.4 is 5.32 Å². The van der Waals surface area contributed by atoms with Crippen LogP contribution in [-0.2, 0) is 14.8 Å². The lowest BCUT2D eigenvalue weighted by Gasteiger charge is -2.30. The average molecular weight is 375 g/mol. The Morgan fingerprint density at radius 2 is 2.05 bits per heavy atom. The van der Waals surface area contributed by atoms with Gasteiger partial charge in [0.05, 0.1) is 11.7 Å². The van der Waals surface area contributed by atoms with Gasteiger partial charge in [-0.05, 0) is 44.0 Å².